The van der Waals surface area contributed by atoms with E-state index in [2.05, 4.69) is 34.7 Å². The van der Waals surface area contributed by atoms with Crippen molar-refractivity contribution in [3.8, 4) is 5.75 Å². The molecule has 30 heavy (non-hydrogen) atoms. The number of anilines is 1. The van der Waals surface area contributed by atoms with Crippen molar-refractivity contribution in [1.29, 1.82) is 0 Å². The molecule has 0 aliphatic carbocycles. The van der Waals surface area contributed by atoms with Crippen LogP contribution in [0.15, 0.2) is 72.9 Å². The van der Waals surface area contributed by atoms with E-state index >= 15 is 0 Å². The molecule has 3 aromatic carbocycles. The molecule has 0 aliphatic heterocycles. The molecule has 0 fully saturated rings. The lowest BCUT2D eigenvalue weighted by atomic mass is 10.0. The monoisotopic (exact) mass is 403 g/mol. The molecule has 0 unspecified atom stereocenters. The first kappa shape index (κ1) is 19.6. The van der Waals surface area contributed by atoms with Crippen LogP contribution in [0.3, 0.4) is 0 Å². The molecule has 1 amide bonds. The summed E-state index contributed by atoms with van der Waals surface area (Å²) in [4.78, 5) is 12.4. The summed E-state index contributed by atoms with van der Waals surface area (Å²) in [5.74, 6) is 0.254. The highest BCUT2D eigenvalue weighted by Gasteiger charge is 2.11. The van der Waals surface area contributed by atoms with Crippen molar-refractivity contribution in [3.05, 3.63) is 89.9 Å². The van der Waals surface area contributed by atoms with Crippen LogP contribution in [0.1, 0.15) is 17.5 Å². The topological polar surface area (TPSA) is 56.1 Å². The number of hydrogen-bond acceptors (Lipinski definition) is 3. The zero-order valence-corrected chi connectivity index (χ0v) is 16.6. The molecule has 0 aliphatic rings. The Labute approximate surface area is 174 Å². The molecule has 0 spiro atoms. The normalized spacial score (nSPS) is 10.9. The summed E-state index contributed by atoms with van der Waals surface area (Å²) in [6.45, 7) is 0.549. The Balaban J connectivity index is 1.42. The van der Waals surface area contributed by atoms with Crippen LogP contribution in [0.5, 0.6) is 5.75 Å². The first-order valence-electron chi connectivity index (χ1n) is 9.75. The Hall–Kier alpha value is -3.67. The SMILES string of the molecule is COc1ccc(CCC(=O)Nc2ccnn2Cc2cccc3ccccc23)cc1F. The number of halogens is 1. The lowest BCUT2D eigenvalue weighted by Crippen LogP contribution is -2.16. The smallest absolute Gasteiger partial charge is 0.225 e. The summed E-state index contributed by atoms with van der Waals surface area (Å²) in [6.07, 6.45) is 2.34. The molecule has 0 saturated heterocycles. The maximum atomic E-state index is 13.8. The molecule has 5 nitrogen and oxygen atoms in total. The first-order valence-corrected chi connectivity index (χ1v) is 9.75. The van der Waals surface area contributed by atoms with Crippen molar-refractivity contribution < 1.29 is 13.9 Å². The predicted octanol–water partition coefficient (Wildman–Crippen LogP) is 4.80. The number of hydrogen-bond donors (Lipinski definition) is 1. The zero-order chi connectivity index (χ0) is 20.9. The number of carbonyl (C=O) groups is 1. The van der Waals surface area contributed by atoms with Gasteiger partial charge in [0, 0.05) is 12.5 Å². The second kappa shape index (κ2) is 8.78. The van der Waals surface area contributed by atoms with Gasteiger partial charge in [-0.1, -0.05) is 48.5 Å². The van der Waals surface area contributed by atoms with Gasteiger partial charge in [-0.2, -0.15) is 5.10 Å². The number of rotatable bonds is 7. The molecule has 4 aromatic rings. The van der Waals surface area contributed by atoms with Gasteiger partial charge in [-0.15, -0.1) is 0 Å². The van der Waals surface area contributed by atoms with Crippen molar-refractivity contribution in [3.63, 3.8) is 0 Å². The molecule has 0 radical (unpaired) electrons. The van der Waals surface area contributed by atoms with E-state index in [-0.39, 0.29) is 18.1 Å². The van der Waals surface area contributed by atoms with Crippen molar-refractivity contribution >= 4 is 22.5 Å². The van der Waals surface area contributed by atoms with Gasteiger partial charge in [0.05, 0.1) is 19.9 Å². The van der Waals surface area contributed by atoms with Gasteiger partial charge in [-0.05, 0) is 40.5 Å². The average molecular weight is 403 g/mol. The van der Waals surface area contributed by atoms with E-state index < -0.39 is 5.82 Å². The molecular weight excluding hydrogens is 381 g/mol. The molecular formula is C24H22FN3O2. The summed E-state index contributed by atoms with van der Waals surface area (Å²) in [6, 6.07) is 20.9. The number of carbonyl (C=O) groups excluding carboxylic acids is 1. The Bertz CT molecular complexity index is 1180. The molecule has 0 saturated carbocycles. The lowest BCUT2D eigenvalue weighted by Gasteiger charge is -2.11. The number of methoxy groups -OCH3 is 1. The number of aryl methyl sites for hydroxylation is 1. The Kier molecular flexibility index (Phi) is 5.75. The number of benzene rings is 3. The van der Waals surface area contributed by atoms with Crippen molar-refractivity contribution in [2.75, 3.05) is 12.4 Å². The van der Waals surface area contributed by atoms with Crippen LogP contribution in [0.2, 0.25) is 0 Å². The quantitative estimate of drug-likeness (QED) is 0.482. The Morgan fingerprint density at radius 3 is 2.77 bits per heavy atom. The largest absolute Gasteiger partial charge is 0.494 e. The fourth-order valence-electron chi connectivity index (χ4n) is 3.49. The average Bonchev–Trinajstić information content (AvgIpc) is 3.19. The standard InChI is InChI=1S/C24H22FN3O2/c1-30-22-11-9-17(15-21(22)25)10-12-24(29)27-23-13-14-26-28(23)16-19-7-4-6-18-5-2-3-8-20(18)19/h2-9,11,13-15H,10,12,16H2,1H3,(H,27,29). The van der Waals surface area contributed by atoms with E-state index in [9.17, 15) is 9.18 Å². The van der Waals surface area contributed by atoms with Crippen LogP contribution >= 0.6 is 0 Å². The van der Waals surface area contributed by atoms with Crippen LogP contribution in [0.4, 0.5) is 10.2 Å². The van der Waals surface area contributed by atoms with Crippen LogP contribution in [0.25, 0.3) is 10.8 Å². The molecule has 0 atom stereocenters. The van der Waals surface area contributed by atoms with Crippen molar-refractivity contribution in [1.82, 2.24) is 9.78 Å². The van der Waals surface area contributed by atoms with Crippen LogP contribution in [-0.4, -0.2) is 22.8 Å². The van der Waals surface area contributed by atoms with Gasteiger partial charge >= 0.3 is 0 Å². The summed E-state index contributed by atoms with van der Waals surface area (Å²) in [5, 5.41) is 9.60. The molecule has 6 heteroatoms. The van der Waals surface area contributed by atoms with E-state index in [1.165, 1.54) is 18.6 Å². The number of aromatic nitrogens is 2. The lowest BCUT2D eigenvalue weighted by molar-refractivity contribution is -0.116. The number of fused-ring (bicyclic) bond motifs is 1. The maximum absolute atomic E-state index is 13.8. The van der Waals surface area contributed by atoms with Crippen LogP contribution < -0.4 is 10.1 Å². The van der Waals surface area contributed by atoms with E-state index in [0.29, 0.717) is 18.8 Å². The second-order valence-corrected chi connectivity index (χ2v) is 7.03. The number of nitrogens with zero attached hydrogens (tertiary/aromatic N) is 2. The van der Waals surface area contributed by atoms with Gasteiger partial charge in [-0.3, -0.25) is 4.79 Å². The van der Waals surface area contributed by atoms with Gasteiger partial charge in [0.2, 0.25) is 5.91 Å². The molecule has 1 heterocycles. The molecule has 1 aromatic heterocycles. The van der Waals surface area contributed by atoms with E-state index in [1.807, 2.05) is 18.2 Å². The summed E-state index contributed by atoms with van der Waals surface area (Å²) in [5.41, 5.74) is 1.87. The van der Waals surface area contributed by atoms with Gasteiger partial charge in [0.15, 0.2) is 11.6 Å². The third-order valence-corrected chi connectivity index (χ3v) is 5.04. The third kappa shape index (κ3) is 4.33. The maximum Gasteiger partial charge on any atom is 0.225 e. The van der Waals surface area contributed by atoms with Gasteiger partial charge in [0.25, 0.3) is 0 Å². The van der Waals surface area contributed by atoms with E-state index in [4.69, 9.17) is 4.74 Å². The minimum Gasteiger partial charge on any atom is -0.494 e. The fraction of sp³-hybridized carbons (Fsp3) is 0.167. The summed E-state index contributed by atoms with van der Waals surface area (Å²) >= 11 is 0. The molecule has 1 N–H and O–H groups in total. The minimum absolute atomic E-state index is 0.147. The minimum atomic E-state index is -0.427. The summed E-state index contributed by atoms with van der Waals surface area (Å²) < 4.78 is 20.5. The molecule has 0 bridgehead atoms. The Morgan fingerprint density at radius 1 is 1.10 bits per heavy atom. The van der Waals surface area contributed by atoms with Crippen LogP contribution in [-0.2, 0) is 17.8 Å². The highest BCUT2D eigenvalue weighted by atomic mass is 19.1. The zero-order valence-electron chi connectivity index (χ0n) is 16.6. The molecule has 4 rings (SSSR count). The fourth-order valence-corrected chi connectivity index (χ4v) is 3.49. The van der Waals surface area contributed by atoms with Gasteiger partial charge < -0.3 is 10.1 Å². The Morgan fingerprint density at radius 2 is 1.93 bits per heavy atom. The predicted molar refractivity (Wildman–Crippen MR) is 115 cm³/mol. The number of nitrogens with one attached hydrogen (secondary N) is 1. The highest BCUT2D eigenvalue weighted by Crippen LogP contribution is 2.21. The number of ether oxygens (including phenoxy) is 1. The van der Waals surface area contributed by atoms with E-state index in [1.54, 1.807) is 29.1 Å². The first-order chi connectivity index (χ1) is 14.6. The molecule has 152 valence electrons. The highest BCUT2D eigenvalue weighted by molar-refractivity contribution is 5.90. The van der Waals surface area contributed by atoms with E-state index in [0.717, 1.165) is 16.5 Å². The third-order valence-electron chi connectivity index (χ3n) is 5.04. The van der Waals surface area contributed by atoms with Crippen molar-refractivity contribution in [2.45, 2.75) is 19.4 Å². The van der Waals surface area contributed by atoms with Crippen LogP contribution in [0, 0.1) is 5.82 Å². The van der Waals surface area contributed by atoms with Crippen molar-refractivity contribution in [2.24, 2.45) is 0 Å². The number of amides is 1. The second-order valence-electron chi connectivity index (χ2n) is 7.03. The summed E-state index contributed by atoms with van der Waals surface area (Å²) in [7, 11) is 1.42. The van der Waals surface area contributed by atoms with Gasteiger partial charge in [-0.25, -0.2) is 9.07 Å². The van der Waals surface area contributed by atoms with Gasteiger partial charge in [0.1, 0.15) is 5.82 Å².